The molecule has 1 aromatic heterocycles. The maximum Gasteiger partial charge on any atom is 0.0777 e. The fraction of sp³-hybridized carbons (Fsp3) is 0.769. The summed E-state index contributed by atoms with van der Waals surface area (Å²) in [5.74, 6) is 1.42. The van der Waals surface area contributed by atoms with E-state index in [2.05, 4.69) is 19.9 Å². The second kappa shape index (κ2) is 9.85. The molecule has 2 aliphatic carbocycles. The van der Waals surface area contributed by atoms with Gasteiger partial charge in [0.15, 0.2) is 0 Å². The van der Waals surface area contributed by atoms with Gasteiger partial charge in [-0.15, -0.1) is 11.3 Å². The third-order valence-electron chi connectivity index (χ3n) is 7.78. The van der Waals surface area contributed by atoms with Crippen LogP contribution in [-0.4, -0.2) is 27.5 Å². The number of hydrogen-bond donors (Lipinski definition) is 3. The SMILES string of the molecule is C[C@H](CCCC(C)(C)O)[C@H]1CCC2=C(c3cc(CCCO)c(CO)s3)CCC[C@@]21C. The molecular formula is C26H42O3S. The number of rotatable bonds is 10. The molecule has 1 fully saturated rings. The first-order chi connectivity index (χ1) is 14.2. The first-order valence-corrected chi connectivity index (χ1v) is 12.8. The molecule has 30 heavy (non-hydrogen) atoms. The number of aryl methyl sites for hydroxylation is 1. The lowest BCUT2D eigenvalue weighted by molar-refractivity contribution is 0.0641. The van der Waals surface area contributed by atoms with Crippen molar-refractivity contribution in [2.75, 3.05) is 6.61 Å². The zero-order chi connectivity index (χ0) is 21.9. The summed E-state index contributed by atoms with van der Waals surface area (Å²) < 4.78 is 0. The van der Waals surface area contributed by atoms with E-state index >= 15 is 0 Å². The van der Waals surface area contributed by atoms with Gasteiger partial charge in [0.25, 0.3) is 0 Å². The number of fused-ring (bicyclic) bond motifs is 1. The Hall–Kier alpha value is -0.680. The Kier molecular flexibility index (Phi) is 7.87. The molecule has 3 atom stereocenters. The fourth-order valence-electron chi connectivity index (χ4n) is 6.22. The number of hydrogen-bond acceptors (Lipinski definition) is 4. The van der Waals surface area contributed by atoms with Gasteiger partial charge in [-0.1, -0.05) is 32.3 Å². The zero-order valence-corrected chi connectivity index (χ0v) is 20.3. The van der Waals surface area contributed by atoms with Crippen molar-refractivity contribution >= 4 is 16.9 Å². The molecule has 3 N–H and O–H groups in total. The third-order valence-corrected chi connectivity index (χ3v) is 9.00. The summed E-state index contributed by atoms with van der Waals surface area (Å²) in [7, 11) is 0. The highest BCUT2D eigenvalue weighted by Crippen LogP contribution is 2.59. The van der Waals surface area contributed by atoms with Crippen molar-refractivity contribution < 1.29 is 15.3 Å². The van der Waals surface area contributed by atoms with Crippen molar-refractivity contribution in [1.82, 2.24) is 0 Å². The monoisotopic (exact) mass is 434 g/mol. The predicted octanol–water partition coefficient (Wildman–Crippen LogP) is 6.10. The van der Waals surface area contributed by atoms with Crippen molar-refractivity contribution in [3.05, 3.63) is 27.0 Å². The summed E-state index contributed by atoms with van der Waals surface area (Å²) in [5.41, 5.74) is 4.22. The van der Waals surface area contributed by atoms with Gasteiger partial charge < -0.3 is 15.3 Å². The Bertz CT molecular complexity index is 742. The molecule has 0 spiro atoms. The van der Waals surface area contributed by atoms with Gasteiger partial charge in [0.1, 0.15) is 0 Å². The fourth-order valence-corrected chi connectivity index (χ4v) is 7.39. The van der Waals surface area contributed by atoms with Crippen LogP contribution in [0.3, 0.4) is 0 Å². The number of thiophene rings is 1. The van der Waals surface area contributed by atoms with Crippen LogP contribution in [0.4, 0.5) is 0 Å². The van der Waals surface area contributed by atoms with Gasteiger partial charge in [-0.25, -0.2) is 0 Å². The van der Waals surface area contributed by atoms with Crippen LogP contribution in [0, 0.1) is 17.3 Å². The predicted molar refractivity (Wildman–Crippen MR) is 127 cm³/mol. The molecule has 3 nitrogen and oxygen atoms in total. The lowest BCUT2D eigenvalue weighted by atomic mass is 9.64. The Morgan fingerprint density at radius 1 is 1.23 bits per heavy atom. The van der Waals surface area contributed by atoms with Gasteiger partial charge in [0.2, 0.25) is 0 Å². The number of aliphatic hydroxyl groups excluding tert-OH is 2. The van der Waals surface area contributed by atoms with Crippen LogP contribution < -0.4 is 0 Å². The van der Waals surface area contributed by atoms with Crippen LogP contribution in [0.15, 0.2) is 11.6 Å². The molecule has 1 heterocycles. The van der Waals surface area contributed by atoms with Crippen LogP contribution in [0.2, 0.25) is 0 Å². The van der Waals surface area contributed by atoms with E-state index in [0.717, 1.165) is 42.9 Å². The number of aliphatic hydroxyl groups is 3. The van der Waals surface area contributed by atoms with Gasteiger partial charge in [0.05, 0.1) is 12.2 Å². The highest BCUT2D eigenvalue weighted by atomic mass is 32.1. The van der Waals surface area contributed by atoms with Crippen molar-refractivity contribution in [2.24, 2.45) is 17.3 Å². The minimum absolute atomic E-state index is 0.103. The molecule has 0 unspecified atom stereocenters. The Balaban J connectivity index is 1.81. The molecule has 0 radical (unpaired) electrons. The van der Waals surface area contributed by atoms with Crippen LogP contribution in [0.1, 0.15) is 101 Å². The smallest absolute Gasteiger partial charge is 0.0777 e. The van der Waals surface area contributed by atoms with Crippen LogP contribution >= 0.6 is 11.3 Å². The first-order valence-electron chi connectivity index (χ1n) is 12.0. The van der Waals surface area contributed by atoms with E-state index < -0.39 is 5.60 Å². The summed E-state index contributed by atoms with van der Waals surface area (Å²) in [6.45, 7) is 9.08. The first kappa shape index (κ1) is 24.0. The molecule has 170 valence electrons. The average Bonchev–Trinajstić information content (AvgIpc) is 3.25. The van der Waals surface area contributed by atoms with Gasteiger partial charge in [-0.3, -0.25) is 0 Å². The molecule has 0 bridgehead atoms. The topological polar surface area (TPSA) is 60.7 Å². The standard InChI is InChI=1S/C26H42O3S/c1-18(8-5-13-25(2,3)29)21-11-12-22-20(10-6-14-26(21,22)4)23-16-19(9-7-15-27)24(17-28)30-23/h16,18,21,27-29H,5-15,17H2,1-4H3/t18-,21-,26-/m1/s1. The van der Waals surface area contributed by atoms with E-state index in [0.29, 0.717) is 11.3 Å². The minimum atomic E-state index is -0.556. The van der Waals surface area contributed by atoms with Crippen molar-refractivity contribution in [3.63, 3.8) is 0 Å². The summed E-state index contributed by atoms with van der Waals surface area (Å²) >= 11 is 1.77. The largest absolute Gasteiger partial charge is 0.396 e. The minimum Gasteiger partial charge on any atom is -0.396 e. The van der Waals surface area contributed by atoms with Crippen molar-refractivity contribution in [2.45, 2.75) is 104 Å². The lowest BCUT2D eigenvalue weighted by Gasteiger charge is -2.41. The summed E-state index contributed by atoms with van der Waals surface area (Å²) in [5, 5.41) is 29.1. The molecule has 1 saturated carbocycles. The molecule has 0 aliphatic heterocycles. The van der Waals surface area contributed by atoms with Gasteiger partial charge in [0, 0.05) is 16.4 Å². The van der Waals surface area contributed by atoms with E-state index in [1.807, 2.05) is 13.8 Å². The molecule has 2 aliphatic rings. The van der Waals surface area contributed by atoms with Gasteiger partial charge in [-0.05, 0) is 99.7 Å². The van der Waals surface area contributed by atoms with E-state index in [9.17, 15) is 15.3 Å². The Morgan fingerprint density at radius 3 is 2.67 bits per heavy atom. The molecule has 0 amide bonds. The second-order valence-electron chi connectivity index (χ2n) is 10.6. The molecular weight excluding hydrogens is 392 g/mol. The normalized spacial score (nSPS) is 25.6. The maximum atomic E-state index is 10.1. The van der Waals surface area contributed by atoms with Crippen LogP contribution in [0.5, 0.6) is 0 Å². The van der Waals surface area contributed by atoms with Crippen molar-refractivity contribution in [1.29, 1.82) is 0 Å². The van der Waals surface area contributed by atoms with Gasteiger partial charge >= 0.3 is 0 Å². The summed E-state index contributed by atoms with van der Waals surface area (Å²) in [6.07, 6.45) is 11.0. The zero-order valence-electron chi connectivity index (χ0n) is 19.5. The van der Waals surface area contributed by atoms with Crippen LogP contribution in [-0.2, 0) is 13.0 Å². The molecule has 0 saturated heterocycles. The third kappa shape index (κ3) is 5.20. The maximum absolute atomic E-state index is 10.1. The highest BCUT2D eigenvalue weighted by molar-refractivity contribution is 7.13. The van der Waals surface area contributed by atoms with E-state index in [-0.39, 0.29) is 13.2 Å². The van der Waals surface area contributed by atoms with Crippen molar-refractivity contribution in [3.8, 4) is 0 Å². The van der Waals surface area contributed by atoms with Crippen LogP contribution in [0.25, 0.3) is 5.57 Å². The molecule has 4 heteroatoms. The van der Waals surface area contributed by atoms with E-state index in [1.54, 1.807) is 22.5 Å². The second-order valence-corrected chi connectivity index (χ2v) is 11.7. The quantitative estimate of drug-likeness (QED) is 0.417. The molecule has 0 aromatic carbocycles. The lowest BCUT2D eigenvalue weighted by Crippen LogP contribution is -2.31. The van der Waals surface area contributed by atoms with E-state index in [1.165, 1.54) is 42.5 Å². The van der Waals surface area contributed by atoms with Gasteiger partial charge in [-0.2, -0.15) is 0 Å². The summed E-state index contributed by atoms with van der Waals surface area (Å²) in [4.78, 5) is 2.44. The summed E-state index contributed by atoms with van der Waals surface area (Å²) in [6, 6.07) is 2.31. The Morgan fingerprint density at radius 2 is 2.00 bits per heavy atom. The number of allylic oxidation sites excluding steroid dienone is 2. The molecule has 1 aromatic rings. The highest BCUT2D eigenvalue weighted by Gasteiger charge is 2.47. The van der Waals surface area contributed by atoms with E-state index in [4.69, 9.17) is 0 Å². The average molecular weight is 435 g/mol. The Labute approximate surface area is 187 Å². The molecule has 3 rings (SSSR count).